The molecule has 1 aromatic carbocycles. The molecule has 5 heteroatoms. The van der Waals surface area contributed by atoms with Gasteiger partial charge in [0.2, 0.25) is 0 Å². The first-order valence-electron chi connectivity index (χ1n) is 5.07. The molecule has 88 valence electrons. The fraction of sp³-hybridized carbons (Fsp3) is 0.167. The van der Waals surface area contributed by atoms with Gasteiger partial charge in [-0.25, -0.2) is 4.98 Å². The third kappa shape index (κ3) is 2.66. The molecule has 2 rings (SSSR count). The first-order chi connectivity index (χ1) is 8.08. The molecule has 0 aliphatic rings. The van der Waals surface area contributed by atoms with Crippen LogP contribution in [0.5, 0.6) is 5.75 Å². The van der Waals surface area contributed by atoms with Crippen molar-refractivity contribution in [3.05, 3.63) is 55.8 Å². The van der Waals surface area contributed by atoms with E-state index in [-0.39, 0.29) is 11.3 Å². The SMILES string of the molecule is Cc1ncn(Cc2cccc(O)c2)c(=O)c1I. The highest BCUT2D eigenvalue weighted by molar-refractivity contribution is 14.1. The van der Waals surface area contributed by atoms with Gasteiger partial charge in [-0.05, 0) is 47.2 Å². The third-order valence-electron chi connectivity index (χ3n) is 2.42. The van der Waals surface area contributed by atoms with Crippen molar-refractivity contribution < 1.29 is 5.11 Å². The van der Waals surface area contributed by atoms with Gasteiger partial charge in [0.15, 0.2) is 0 Å². The molecule has 0 radical (unpaired) electrons. The minimum absolute atomic E-state index is 0.0542. The van der Waals surface area contributed by atoms with Crippen LogP contribution in [0.25, 0.3) is 0 Å². The molecule has 1 N–H and O–H groups in total. The van der Waals surface area contributed by atoms with Crippen LogP contribution in [-0.4, -0.2) is 14.7 Å². The van der Waals surface area contributed by atoms with Crippen LogP contribution >= 0.6 is 22.6 Å². The van der Waals surface area contributed by atoms with Gasteiger partial charge in [0.05, 0.1) is 22.1 Å². The minimum atomic E-state index is -0.0542. The van der Waals surface area contributed by atoms with Crippen LogP contribution in [0.15, 0.2) is 35.4 Å². The average molecular weight is 342 g/mol. The van der Waals surface area contributed by atoms with Crippen molar-refractivity contribution in [1.82, 2.24) is 9.55 Å². The lowest BCUT2D eigenvalue weighted by Gasteiger charge is -2.07. The molecule has 0 fully saturated rings. The Balaban J connectivity index is 2.37. The maximum absolute atomic E-state index is 11.9. The number of phenols is 1. The quantitative estimate of drug-likeness (QED) is 0.849. The average Bonchev–Trinajstić information content (AvgIpc) is 2.30. The van der Waals surface area contributed by atoms with Crippen molar-refractivity contribution in [2.45, 2.75) is 13.5 Å². The fourth-order valence-electron chi connectivity index (χ4n) is 1.51. The summed E-state index contributed by atoms with van der Waals surface area (Å²) in [6, 6.07) is 6.85. The Morgan fingerprint density at radius 1 is 1.47 bits per heavy atom. The highest BCUT2D eigenvalue weighted by atomic mass is 127. The lowest BCUT2D eigenvalue weighted by Crippen LogP contribution is -2.24. The molecular formula is C12H11IN2O2. The zero-order valence-electron chi connectivity index (χ0n) is 9.22. The van der Waals surface area contributed by atoms with Gasteiger partial charge in [-0.1, -0.05) is 12.1 Å². The second-order valence-electron chi connectivity index (χ2n) is 3.75. The monoisotopic (exact) mass is 342 g/mol. The van der Waals surface area contributed by atoms with E-state index in [4.69, 9.17) is 0 Å². The Morgan fingerprint density at radius 3 is 2.94 bits per heavy atom. The largest absolute Gasteiger partial charge is 0.508 e. The second kappa shape index (κ2) is 4.87. The van der Waals surface area contributed by atoms with Crippen LogP contribution in [-0.2, 0) is 6.54 Å². The molecular weight excluding hydrogens is 331 g/mol. The van der Waals surface area contributed by atoms with E-state index in [9.17, 15) is 9.90 Å². The summed E-state index contributed by atoms with van der Waals surface area (Å²) in [6.07, 6.45) is 1.53. The van der Waals surface area contributed by atoms with Gasteiger partial charge in [0, 0.05) is 0 Å². The fourth-order valence-corrected chi connectivity index (χ4v) is 1.96. The maximum atomic E-state index is 11.9. The van der Waals surface area contributed by atoms with E-state index < -0.39 is 0 Å². The molecule has 1 heterocycles. The van der Waals surface area contributed by atoms with Crippen molar-refractivity contribution in [2.24, 2.45) is 0 Å². The summed E-state index contributed by atoms with van der Waals surface area (Å²) >= 11 is 2.00. The number of benzene rings is 1. The van der Waals surface area contributed by atoms with Crippen LogP contribution in [0.4, 0.5) is 0 Å². The van der Waals surface area contributed by atoms with Crippen molar-refractivity contribution in [3.63, 3.8) is 0 Å². The Hall–Kier alpha value is -1.37. The zero-order valence-corrected chi connectivity index (χ0v) is 11.4. The number of phenolic OH excluding ortho intramolecular Hbond substituents is 1. The van der Waals surface area contributed by atoms with Crippen molar-refractivity contribution in [1.29, 1.82) is 0 Å². The number of halogens is 1. The van der Waals surface area contributed by atoms with Gasteiger partial charge in [-0.3, -0.25) is 9.36 Å². The van der Waals surface area contributed by atoms with Crippen LogP contribution in [0, 0.1) is 10.5 Å². The van der Waals surface area contributed by atoms with Crippen LogP contribution in [0.2, 0.25) is 0 Å². The molecule has 0 bridgehead atoms. The summed E-state index contributed by atoms with van der Waals surface area (Å²) in [5.41, 5.74) is 1.55. The predicted molar refractivity (Wildman–Crippen MR) is 73.2 cm³/mol. The van der Waals surface area contributed by atoms with Gasteiger partial charge >= 0.3 is 0 Å². The first-order valence-corrected chi connectivity index (χ1v) is 6.15. The molecule has 0 saturated carbocycles. The van der Waals surface area contributed by atoms with Crippen LogP contribution < -0.4 is 5.56 Å². The smallest absolute Gasteiger partial charge is 0.267 e. The molecule has 0 aliphatic heterocycles. The molecule has 0 saturated heterocycles. The van der Waals surface area contributed by atoms with Crippen LogP contribution in [0.1, 0.15) is 11.3 Å². The number of hydrogen-bond acceptors (Lipinski definition) is 3. The molecule has 0 unspecified atom stereocenters. The molecule has 0 atom stereocenters. The summed E-state index contributed by atoms with van der Waals surface area (Å²) in [6.45, 7) is 2.22. The number of aromatic nitrogens is 2. The Bertz CT molecular complexity index is 608. The van der Waals surface area contributed by atoms with Gasteiger partial charge in [-0.15, -0.1) is 0 Å². The predicted octanol–water partition coefficient (Wildman–Crippen LogP) is 1.91. The minimum Gasteiger partial charge on any atom is -0.508 e. The first kappa shape index (κ1) is 12.1. The van der Waals surface area contributed by atoms with E-state index in [0.29, 0.717) is 10.1 Å². The summed E-state index contributed by atoms with van der Waals surface area (Å²) in [7, 11) is 0. The molecule has 2 aromatic rings. The lowest BCUT2D eigenvalue weighted by molar-refractivity contribution is 0.474. The van der Waals surface area contributed by atoms with E-state index in [1.54, 1.807) is 18.2 Å². The third-order valence-corrected chi connectivity index (χ3v) is 3.66. The highest BCUT2D eigenvalue weighted by Gasteiger charge is 2.05. The number of aryl methyl sites for hydroxylation is 1. The number of hydrogen-bond donors (Lipinski definition) is 1. The van der Waals surface area contributed by atoms with E-state index in [1.807, 2.05) is 35.6 Å². The Morgan fingerprint density at radius 2 is 2.24 bits per heavy atom. The molecule has 0 amide bonds. The summed E-state index contributed by atoms with van der Waals surface area (Å²) in [5.74, 6) is 0.199. The maximum Gasteiger partial charge on any atom is 0.267 e. The number of rotatable bonds is 2. The second-order valence-corrected chi connectivity index (χ2v) is 4.83. The van der Waals surface area contributed by atoms with Crippen molar-refractivity contribution in [2.75, 3.05) is 0 Å². The zero-order chi connectivity index (χ0) is 12.4. The van der Waals surface area contributed by atoms with Gasteiger partial charge in [0.25, 0.3) is 5.56 Å². The number of aromatic hydroxyl groups is 1. The van der Waals surface area contributed by atoms with Crippen molar-refractivity contribution in [3.8, 4) is 5.75 Å². The van der Waals surface area contributed by atoms with Gasteiger partial charge in [0.1, 0.15) is 5.75 Å². The summed E-state index contributed by atoms with van der Waals surface area (Å²) in [4.78, 5) is 16.1. The van der Waals surface area contributed by atoms with E-state index in [2.05, 4.69) is 4.98 Å². The Labute approximate surface area is 112 Å². The highest BCUT2D eigenvalue weighted by Crippen LogP contribution is 2.11. The standard InChI is InChI=1S/C12H11IN2O2/c1-8-11(13)12(17)15(7-14-8)6-9-3-2-4-10(16)5-9/h2-5,7,16H,6H2,1H3. The van der Waals surface area contributed by atoms with E-state index >= 15 is 0 Å². The molecule has 0 aliphatic carbocycles. The number of nitrogens with zero attached hydrogens (tertiary/aromatic N) is 2. The van der Waals surface area contributed by atoms with E-state index in [0.717, 1.165) is 11.3 Å². The normalized spacial score (nSPS) is 10.5. The molecule has 17 heavy (non-hydrogen) atoms. The molecule has 4 nitrogen and oxygen atoms in total. The summed E-state index contributed by atoms with van der Waals surface area (Å²) < 4.78 is 2.16. The van der Waals surface area contributed by atoms with Crippen molar-refractivity contribution >= 4 is 22.6 Å². The van der Waals surface area contributed by atoms with Crippen LogP contribution in [0.3, 0.4) is 0 Å². The molecule has 1 aromatic heterocycles. The van der Waals surface area contributed by atoms with Gasteiger partial charge < -0.3 is 5.11 Å². The summed E-state index contributed by atoms with van der Waals surface area (Å²) in [5, 5.41) is 9.35. The molecule has 0 spiro atoms. The Kier molecular flexibility index (Phi) is 3.46. The topological polar surface area (TPSA) is 55.1 Å². The van der Waals surface area contributed by atoms with E-state index in [1.165, 1.54) is 10.9 Å². The lowest BCUT2D eigenvalue weighted by atomic mass is 10.2. The van der Waals surface area contributed by atoms with Gasteiger partial charge in [-0.2, -0.15) is 0 Å².